The molecule has 0 unspecified atom stereocenters. The van der Waals surface area contributed by atoms with Crippen molar-refractivity contribution in [3.63, 3.8) is 0 Å². The van der Waals surface area contributed by atoms with E-state index in [2.05, 4.69) is 11.8 Å². The maximum Gasteiger partial charge on any atom is 0.163 e. The van der Waals surface area contributed by atoms with Gasteiger partial charge in [0.05, 0.1) is 5.56 Å². The summed E-state index contributed by atoms with van der Waals surface area (Å²) in [6.07, 6.45) is 0. The molecule has 1 aromatic rings. The van der Waals surface area contributed by atoms with E-state index in [0.29, 0.717) is 5.56 Å². The first-order valence-electron chi connectivity index (χ1n) is 4.09. The Morgan fingerprint density at radius 1 is 1.50 bits per heavy atom. The number of carbonyl (C=O) groups excluding carboxylic acids is 1. The highest BCUT2D eigenvalue weighted by atomic mass is 16.3. The van der Waals surface area contributed by atoms with Crippen molar-refractivity contribution in [2.45, 2.75) is 6.92 Å². The van der Waals surface area contributed by atoms with Crippen LogP contribution in [-0.4, -0.2) is 22.6 Å². The van der Waals surface area contributed by atoms with Gasteiger partial charge in [-0.3, -0.25) is 4.79 Å². The third-order valence-electron chi connectivity index (χ3n) is 1.69. The van der Waals surface area contributed by atoms with Crippen LogP contribution in [0.25, 0.3) is 0 Å². The Hall–Kier alpha value is -1.79. The molecule has 0 aliphatic carbocycles. The van der Waals surface area contributed by atoms with Crippen LogP contribution in [-0.2, 0) is 0 Å². The summed E-state index contributed by atoms with van der Waals surface area (Å²) in [7, 11) is 0. The fourth-order valence-corrected chi connectivity index (χ4v) is 1.05. The van der Waals surface area contributed by atoms with E-state index in [0.717, 1.165) is 0 Å². The minimum atomic E-state index is -0.227. The van der Waals surface area contributed by atoms with E-state index in [1.165, 1.54) is 19.1 Å². The molecule has 72 valence electrons. The number of aliphatic hydroxyl groups excluding tert-OH is 1. The van der Waals surface area contributed by atoms with Crippen LogP contribution in [0.15, 0.2) is 18.2 Å². The zero-order valence-electron chi connectivity index (χ0n) is 7.74. The lowest BCUT2D eigenvalue weighted by Gasteiger charge is -1.99. The highest BCUT2D eigenvalue weighted by Gasteiger charge is 2.05. The molecule has 0 amide bonds. The van der Waals surface area contributed by atoms with E-state index in [1.807, 2.05) is 0 Å². The lowest BCUT2D eigenvalue weighted by atomic mass is 10.1. The Morgan fingerprint density at radius 2 is 2.21 bits per heavy atom. The molecular weight excluding hydrogens is 180 g/mol. The van der Waals surface area contributed by atoms with Crippen LogP contribution < -0.4 is 0 Å². The fraction of sp³-hybridized carbons (Fsp3) is 0.182. The second-order valence-electron chi connectivity index (χ2n) is 2.75. The van der Waals surface area contributed by atoms with Gasteiger partial charge in [0.2, 0.25) is 0 Å². The topological polar surface area (TPSA) is 57.5 Å². The van der Waals surface area contributed by atoms with Gasteiger partial charge in [-0.25, -0.2) is 0 Å². The van der Waals surface area contributed by atoms with Crippen LogP contribution in [0.5, 0.6) is 5.75 Å². The van der Waals surface area contributed by atoms with Gasteiger partial charge in [0.15, 0.2) is 5.78 Å². The summed E-state index contributed by atoms with van der Waals surface area (Å²) in [6, 6.07) is 4.54. The number of rotatable bonds is 1. The quantitative estimate of drug-likeness (QED) is 0.511. The van der Waals surface area contributed by atoms with Crippen LogP contribution in [0.2, 0.25) is 0 Å². The monoisotopic (exact) mass is 190 g/mol. The smallest absolute Gasteiger partial charge is 0.163 e. The summed E-state index contributed by atoms with van der Waals surface area (Å²) >= 11 is 0. The number of phenolic OH excluding ortho intramolecular Hbond substituents is 1. The van der Waals surface area contributed by atoms with Crippen LogP contribution in [0.4, 0.5) is 0 Å². The zero-order chi connectivity index (χ0) is 10.6. The van der Waals surface area contributed by atoms with Crippen LogP contribution in [0, 0.1) is 11.8 Å². The van der Waals surface area contributed by atoms with Crippen molar-refractivity contribution in [3.8, 4) is 17.6 Å². The van der Waals surface area contributed by atoms with Crippen LogP contribution in [0.1, 0.15) is 22.8 Å². The molecule has 1 rings (SSSR count). The van der Waals surface area contributed by atoms with E-state index < -0.39 is 0 Å². The molecule has 2 N–H and O–H groups in total. The van der Waals surface area contributed by atoms with E-state index in [-0.39, 0.29) is 23.7 Å². The molecule has 0 saturated carbocycles. The zero-order valence-corrected chi connectivity index (χ0v) is 7.74. The number of ketones is 1. The van der Waals surface area contributed by atoms with Crippen molar-refractivity contribution in [2.24, 2.45) is 0 Å². The van der Waals surface area contributed by atoms with Crippen molar-refractivity contribution in [1.82, 2.24) is 0 Å². The summed E-state index contributed by atoms with van der Waals surface area (Å²) in [5, 5.41) is 17.9. The largest absolute Gasteiger partial charge is 0.507 e. The fourth-order valence-electron chi connectivity index (χ4n) is 1.05. The number of aromatic hydroxyl groups is 1. The van der Waals surface area contributed by atoms with Crippen molar-refractivity contribution >= 4 is 5.78 Å². The van der Waals surface area contributed by atoms with Crippen LogP contribution >= 0.6 is 0 Å². The number of carbonyl (C=O) groups is 1. The number of aliphatic hydroxyl groups is 1. The summed E-state index contributed by atoms with van der Waals surface area (Å²) < 4.78 is 0. The summed E-state index contributed by atoms with van der Waals surface area (Å²) in [5.74, 6) is 4.81. The highest BCUT2D eigenvalue weighted by molar-refractivity contribution is 5.96. The summed E-state index contributed by atoms with van der Waals surface area (Å²) in [6.45, 7) is 1.16. The van der Waals surface area contributed by atoms with Gasteiger partial charge in [0.25, 0.3) is 0 Å². The molecule has 0 spiro atoms. The molecule has 0 aliphatic rings. The van der Waals surface area contributed by atoms with Gasteiger partial charge in [-0.15, -0.1) is 0 Å². The molecule has 0 aromatic heterocycles. The molecule has 3 heteroatoms. The van der Waals surface area contributed by atoms with Crippen molar-refractivity contribution in [3.05, 3.63) is 29.3 Å². The molecule has 0 aliphatic heterocycles. The molecular formula is C11H10O3. The Labute approximate surface area is 82.0 Å². The first-order chi connectivity index (χ1) is 6.65. The number of hydrogen-bond donors (Lipinski definition) is 2. The number of hydrogen-bond acceptors (Lipinski definition) is 3. The van der Waals surface area contributed by atoms with E-state index >= 15 is 0 Å². The Kier molecular flexibility index (Phi) is 3.27. The second-order valence-corrected chi connectivity index (χ2v) is 2.75. The van der Waals surface area contributed by atoms with Gasteiger partial charge in [0, 0.05) is 5.56 Å². The third kappa shape index (κ3) is 2.35. The molecule has 0 fully saturated rings. The first-order valence-corrected chi connectivity index (χ1v) is 4.09. The first kappa shape index (κ1) is 10.3. The maximum atomic E-state index is 11.0. The van der Waals surface area contributed by atoms with Gasteiger partial charge in [-0.05, 0) is 25.1 Å². The standard InChI is InChI=1S/C11H10O3/c1-8(13)10-5-4-9(3-2-6-12)7-11(10)14/h4-5,7,12,14H,6H2,1H3. The highest BCUT2D eigenvalue weighted by Crippen LogP contribution is 2.18. The number of phenols is 1. The minimum Gasteiger partial charge on any atom is -0.507 e. The van der Waals surface area contributed by atoms with Gasteiger partial charge in [-0.1, -0.05) is 11.8 Å². The Bertz CT molecular complexity index is 410. The van der Waals surface area contributed by atoms with Crippen molar-refractivity contribution < 1.29 is 15.0 Å². The van der Waals surface area contributed by atoms with Gasteiger partial charge >= 0.3 is 0 Å². The average Bonchev–Trinajstić information content (AvgIpc) is 2.14. The molecule has 0 radical (unpaired) electrons. The van der Waals surface area contributed by atoms with E-state index in [4.69, 9.17) is 5.11 Å². The predicted octanol–water partition coefficient (Wildman–Crippen LogP) is 0.939. The maximum absolute atomic E-state index is 11.0. The molecule has 1 aromatic carbocycles. The lowest BCUT2D eigenvalue weighted by molar-refractivity contribution is 0.101. The number of benzene rings is 1. The normalized spacial score (nSPS) is 9.00. The third-order valence-corrected chi connectivity index (χ3v) is 1.69. The molecule has 0 bridgehead atoms. The predicted molar refractivity (Wildman–Crippen MR) is 52.1 cm³/mol. The average molecular weight is 190 g/mol. The molecule has 0 atom stereocenters. The second kappa shape index (κ2) is 4.45. The van der Waals surface area contributed by atoms with Gasteiger partial charge < -0.3 is 10.2 Å². The molecule has 0 saturated heterocycles. The SMILES string of the molecule is CC(=O)c1ccc(C#CCO)cc1O. The summed E-state index contributed by atoms with van der Waals surface area (Å²) in [4.78, 5) is 11.0. The Balaban J connectivity index is 3.06. The minimum absolute atomic E-state index is 0.0813. The Morgan fingerprint density at radius 3 is 2.71 bits per heavy atom. The van der Waals surface area contributed by atoms with E-state index in [1.54, 1.807) is 6.07 Å². The molecule has 0 heterocycles. The van der Waals surface area contributed by atoms with E-state index in [9.17, 15) is 9.90 Å². The molecule has 3 nitrogen and oxygen atoms in total. The van der Waals surface area contributed by atoms with Gasteiger partial charge in [-0.2, -0.15) is 0 Å². The van der Waals surface area contributed by atoms with Gasteiger partial charge in [0.1, 0.15) is 12.4 Å². The summed E-state index contributed by atoms with van der Waals surface area (Å²) in [5.41, 5.74) is 0.848. The lowest BCUT2D eigenvalue weighted by Crippen LogP contribution is -1.92. The van der Waals surface area contributed by atoms with Crippen LogP contribution in [0.3, 0.4) is 0 Å². The molecule has 14 heavy (non-hydrogen) atoms. The van der Waals surface area contributed by atoms with Crippen molar-refractivity contribution in [2.75, 3.05) is 6.61 Å². The van der Waals surface area contributed by atoms with Crippen molar-refractivity contribution in [1.29, 1.82) is 0 Å². The number of Topliss-reactive ketones (excluding diaryl/α,β-unsaturated/α-hetero) is 1.